The predicted molar refractivity (Wildman–Crippen MR) is 137 cm³/mol. The highest BCUT2D eigenvalue weighted by atomic mass is 16.7. The molecule has 2 heterocycles. The van der Waals surface area contributed by atoms with Gasteiger partial charge in [-0.05, 0) is 70.5 Å². The molecule has 0 atom stereocenters. The molecule has 0 aliphatic carbocycles. The second kappa shape index (κ2) is 10.2. The van der Waals surface area contributed by atoms with Crippen LogP contribution in [0.2, 0.25) is 0 Å². The van der Waals surface area contributed by atoms with Crippen molar-refractivity contribution in [3.05, 3.63) is 60.2 Å². The summed E-state index contributed by atoms with van der Waals surface area (Å²) >= 11 is 0. The Balaban J connectivity index is 1.41. The monoisotopic (exact) mass is 504 g/mol. The number of aromatic nitrogens is 1. The number of benzene rings is 2. The molecule has 0 radical (unpaired) electrons. The Morgan fingerprint density at radius 3 is 2.08 bits per heavy atom. The molecular formula is C29H32N2O6. The Bertz CT molecular complexity index is 1260. The minimum absolute atomic E-state index is 0.199. The fraction of sp³-hybridized carbons (Fsp3) is 0.379. The lowest BCUT2D eigenvalue weighted by Gasteiger charge is -2.27. The van der Waals surface area contributed by atoms with Crippen LogP contribution in [0.15, 0.2) is 59.1 Å². The van der Waals surface area contributed by atoms with Gasteiger partial charge in [0, 0.05) is 17.2 Å². The van der Waals surface area contributed by atoms with Crippen molar-refractivity contribution in [2.24, 2.45) is 10.8 Å². The number of hydrogen-bond acceptors (Lipinski definition) is 7. The summed E-state index contributed by atoms with van der Waals surface area (Å²) < 4.78 is 11.3. The standard InChI is InChI=1S/C29H32N2O6/c1-6-7-8-17-35-22-15-13-20(14-16-22)24-18-23(30-36-24)19-9-11-21(12-10-19)25(32)37-31-26(33)28(2,3)29(4,5)27(31)34/h9-16,18H,6-8,17H2,1-5H3. The van der Waals surface area contributed by atoms with E-state index in [2.05, 4.69) is 12.1 Å². The number of hydroxylamine groups is 2. The van der Waals surface area contributed by atoms with Crippen LogP contribution in [-0.2, 0) is 14.4 Å². The molecule has 0 bridgehead atoms. The number of nitrogens with zero attached hydrogens (tertiary/aromatic N) is 2. The van der Waals surface area contributed by atoms with Crippen LogP contribution in [0.3, 0.4) is 0 Å². The van der Waals surface area contributed by atoms with Crippen LogP contribution >= 0.6 is 0 Å². The van der Waals surface area contributed by atoms with Crippen molar-refractivity contribution in [3.8, 4) is 28.3 Å². The van der Waals surface area contributed by atoms with E-state index in [1.165, 1.54) is 0 Å². The van der Waals surface area contributed by atoms with Gasteiger partial charge in [-0.15, -0.1) is 5.06 Å². The van der Waals surface area contributed by atoms with Gasteiger partial charge < -0.3 is 14.1 Å². The Morgan fingerprint density at radius 1 is 0.892 bits per heavy atom. The average Bonchev–Trinajstić information content (AvgIpc) is 3.42. The first kappa shape index (κ1) is 26.1. The highest BCUT2D eigenvalue weighted by molar-refractivity contribution is 6.09. The predicted octanol–water partition coefficient (Wildman–Crippen LogP) is 6.07. The SMILES string of the molecule is CCCCCOc1ccc(-c2cc(-c3ccc(C(=O)ON4C(=O)C(C)(C)C(C)(C)C4=O)cc3)no2)cc1. The average molecular weight is 505 g/mol. The number of ether oxygens (including phenoxy) is 1. The summed E-state index contributed by atoms with van der Waals surface area (Å²) in [6.45, 7) is 9.52. The van der Waals surface area contributed by atoms with E-state index in [0.717, 1.165) is 36.1 Å². The summed E-state index contributed by atoms with van der Waals surface area (Å²) in [7, 11) is 0. The summed E-state index contributed by atoms with van der Waals surface area (Å²) in [4.78, 5) is 43.2. The van der Waals surface area contributed by atoms with Gasteiger partial charge in [0.05, 0.1) is 23.0 Å². The molecule has 1 fully saturated rings. The summed E-state index contributed by atoms with van der Waals surface area (Å²) in [6.07, 6.45) is 3.33. The lowest BCUT2D eigenvalue weighted by molar-refractivity contribution is -0.176. The lowest BCUT2D eigenvalue weighted by atomic mass is 9.70. The molecule has 8 heteroatoms. The largest absolute Gasteiger partial charge is 0.494 e. The number of amides is 2. The number of rotatable bonds is 9. The molecule has 1 aliphatic heterocycles. The van der Waals surface area contributed by atoms with Gasteiger partial charge in [-0.25, -0.2) is 4.79 Å². The van der Waals surface area contributed by atoms with Crippen LogP contribution in [0, 0.1) is 10.8 Å². The molecule has 2 aromatic carbocycles. The zero-order valence-electron chi connectivity index (χ0n) is 21.9. The van der Waals surface area contributed by atoms with E-state index in [0.29, 0.717) is 23.1 Å². The maximum Gasteiger partial charge on any atom is 0.363 e. The molecule has 3 aromatic rings. The van der Waals surface area contributed by atoms with Gasteiger partial charge >= 0.3 is 5.97 Å². The van der Waals surface area contributed by atoms with Crippen LogP contribution < -0.4 is 4.74 Å². The van der Waals surface area contributed by atoms with E-state index in [1.807, 2.05) is 30.3 Å². The molecule has 4 rings (SSSR count). The van der Waals surface area contributed by atoms with Gasteiger partial charge in [0.1, 0.15) is 11.4 Å². The van der Waals surface area contributed by atoms with Gasteiger partial charge in [-0.1, -0.05) is 37.1 Å². The smallest absolute Gasteiger partial charge is 0.363 e. The maximum absolute atomic E-state index is 12.7. The Kier molecular flexibility index (Phi) is 7.21. The van der Waals surface area contributed by atoms with Gasteiger partial charge in [0.15, 0.2) is 5.76 Å². The van der Waals surface area contributed by atoms with Gasteiger partial charge in [0.25, 0.3) is 11.8 Å². The molecule has 0 spiro atoms. The molecule has 0 unspecified atom stereocenters. The van der Waals surface area contributed by atoms with Crippen molar-refractivity contribution in [2.75, 3.05) is 6.61 Å². The summed E-state index contributed by atoms with van der Waals surface area (Å²) in [5.41, 5.74) is 0.429. The van der Waals surface area contributed by atoms with E-state index in [4.69, 9.17) is 14.1 Å². The number of hydrogen-bond donors (Lipinski definition) is 0. The Labute approximate surface area is 216 Å². The number of carbonyl (C=O) groups excluding carboxylic acids is 3. The molecule has 8 nitrogen and oxygen atoms in total. The molecule has 0 saturated carbocycles. The third-order valence-electron chi connectivity index (χ3n) is 7.26. The van der Waals surface area contributed by atoms with E-state index >= 15 is 0 Å². The minimum atomic E-state index is -0.985. The first-order valence-electron chi connectivity index (χ1n) is 12.5. The van der Waals surface area contributed by atoms with Crippen molar-refractivity contribution in [3.63, 3.8) is 0 Å². The molecule has 2 amide bonds. The third kappa shape index (κ3) is 5.01. The quantitative estimate of drug-likeness (QED) is 0.258. The summed E-state index contributed by atoms with van der Waals surface area (Å²) in [5, 5.41) is 4.73. The van der Waals surface area contributed by atoms with Crippen LogP contribution in [0.1, 0.15) is 64.2 Å². The zero-order chi connectivity index (χ0) is 26.8. The normalized spacial score (nSPS) is 16.2. The second-order valence-electron chi connectivity index (χ2n) is 10.3. The van der Waals surface area contributed by atoms with E-state index in [-0.39, 0.29) is 5.56 Å². The number of carbonyl (C=O) groups is 3. The van der Waals surface area contributed by atoms with Gasteiger partial charge in [-0.2, -0.15) is 0 Å². The van der Waals surface area contributed by atoms with Crippen molar-refractivity contribution < 1.29 is 28.5 Å². The fourth-order valence-electron chi connectivity index (χ4n) is 3.94. The van der Waals surface area contributed by atoms with E-state index in [1.54, 1.807) is 52.0 Å². The molecule has 37 heavy (non-hydrogen) atoms. The molecule has 1 saturated heterocycles. The second-order valence-corrected chi connectivity index (χ2v) is 10.3. The lowest BCUT2D eigenvalue weighted by Crippen LogP contribution is -2.35. The van der Waals surface area contributed by atoms with Gasteiger partial charge in [-0.3, -0.25) is 9.59 Å². The molecule has 194 valence electrons. The maximum atomic E-state index is 12.7. The molecule has 1 aromatic heterocycles. The molecule has 0 N–H and O–H groups in total. The van der Waals surface area contributed by atoms with Gasteiger partial charge in [0.2, 0.25) is 0 Å². The minimum Gasteiger partial charge on any atom is -0.494 e. The number of unbranched alkanes of at least 4 members (excludes halogenated alkanes) is 2. The molecule has 1 aliphatic rings. The number of imide groups is 1. The third-order valence-corrected chi connectivity index (χ3v) is 7.26. The van der Waals surface area contributed by atoms with E-state index < -0.39 is 28.6 Å². The van der Waals surface area contributed by atoms with Crippen LogP contribution in [0.25, 0.3) is 22.6 Å². The van der Waals surface area contributed by atoms with E-state index in [9.17, 15) is 14.4 Å². The van der Waals surface area contributed by atoms with Crippen molar-refractivity contribution in [2.45, 2.75) is 53.9 Å². The first-order chi connectivity index (χ1) is 17.6. The highest BCUT2D eigenvalue weighted by Gasteiger charge is 2.61. The Morgan fingerprint density at radius 2 is 1.49 bits per heavy atom. The first-order valence-corrected chi connectivity index (χ1v) is 12.5. The van der Waals surface area contributed by atoms with Crippen molar-refractivity contribution >= 4 is 17.8 Å². The van der Waals surface area contributed by atoms with Crippen LogP contribution in [0.5, 0.6) is 5.75 Å². The highest BCUT2D eigenvalue weighted by Crippen LogP contribution is 2.47. The summed E-state index contributed by atoms with van der Waals surface area (Å²) in [5.74, 6) is -0.462. The molecular weight excluding hydrogens is 472 g/mol. The summed E-state index contributed by atoms with van der Waals surface area (Å²) in [6, 6.07) is 16.0. The van der Waals surface area contributed by atoms with Crippen molar-refractivity contribution in [1.82, 2.24) is 10.2 Å². The topological polar surface area (TPSA) is 98.9 Å². The Hall–Kier alpha value is -3.94. The van der Waals surface area contributed by atoms with Crippen LogP contribution in [-0.4, -0.2) is 34.6 Å². The fourth-order valence-corrected chi connectivity index (χ4v) is 3.94. The zero-order valence-corrected chi connectivity index (χ0v) is 21.9. The van der Waals surface area contributed by atoms with Crippen molar-refractivity contribution in [1.29, 1.82) is 0 Å². The van der Waals surface area contributed by atoms with Crippen LogP contribution in [0.4, 0.5) is 0 Å².